The minimum atomic E-state index is -4.61. The van der Waals surface area contributed by atoms with E-state index in [1.807, 2.05) is 0 Å². The summed E-state index contributed by atoms with van der Waals surface area (Å²) in [5, 5.41) is 2.87. The summed E-state index contributed by atoms with van der Waals surface area (Å²) in [5.41, 5.74) is 0.497. The van der Waals surface area contributed by atoms with Crippen molar-refractivity contribution < 1.29 is 30.7 Å². The number of anilines is 1. The molecule has 9 heteroatoms. The second-order valence-corrected chi connectivity index (χ2v) is 6.60. The van der Waals surface area contributed by atoms with Gasteiger partial charge in [-0.2, -0.15) is 8.78 Å². The lowest BCUT2D eigenvalue weighted by atomic mass is 10.3. The van der Waals surface area contributed by atoms with E-state index in [9.17, 15) is 26.0 Å². The van der Waals surface area contributed by atoms with Gasteiger partial charge >= 0.3 is 5.76 Å². The fourth-order valence-electron chi connectivity index (χ4n) is 1.80. The van der Waals surface area contributed by atoms with Crippen molar-refractivity contribution in [1.82, 2.24) is 0 Å². The van der Waals surface area contributed by atoms with Crippen LogP contribution in [0.3, 0.4) is 0 Å². The van der Waals surface area contributed by atoms with E-state index in [1.165, 1.54) is 18.2 Å². The van der Waals surface area contributed by atoms with E-state index in [0.717, 1.165) is 24.3 Å². The van der Waals surface area contributed by atoms with Gasteiger partial charge in [-0.3, -0.25) is 0 Å². The van der Waals surface area contributed by atoms with Crippen LogP contribution in [0.2, 0.25) is 0 Å². The summed E-state index contributed by atoms with van der Waals surface area (Å²) in [6, 6.07) is 7.96. The number of sulfone groups is 1. The maximum absolute atomic E-state index is 13.0. The molecule has 1 N–H and O–H groups in total. The van der Waals surface area contributed by atoms with E-state index in [0.29, 0.717) is 5.69 Å². The van der Waals surface area contributed by atoms with Gasteiger partial charge < -0.3 is 10.1 Å². The van der Waals surface area contributed by atoms with Gasteiger partial charge in [0.1, 0.15) is 12.4 Å². The van der Waals surface area contributed by atoms with Crippen molar-refractivity contribution in [1.29, 1.82) is 0 Å². The van der Waals surface area contributed by atoms with Crippen molar-refractivity contribution >= 4 is 15.5 Å². The van der Waals surface area contributed by atoms with Crippen molar-refractivity contribution in [3.8, 4) is 5.75 Å². The van der Waals surface area contributed by atoms with Crippen LogP contribution >= 0.6 is 0 Å². The van der Waals surface area contributed by atoms with Crippen LogP contribution in [-0.2, 0) is 9.84 Å². The van der Waals surface area contributed by atoms with Gasteiger partial charge in [0.05, 0.1) is 4.90 Å². The number of ether oxygens (including phenoxy) is 1. The van der Waals surface area contributed by atoms with E-state index < -0.39 is 32.1 Å². The first-order valence-electron chi connectivity index (χ1n) is 6.74. The number of hydrogen-bond acceptors (Lipinski definition) is 4. The molecule has 0 unspecified atom stereocenters. The molecule has 0 bridgehead atoms. The van der Waals surface area contributed by atoms with Gasteiger partial charge in [-0.1, -0.05) is 0 Å². The molecule has 0 fully saturated rings. The highest BCUT2D eigenvalue weighted by Crippen LogP contribution is 2.20. The number of halogens is 4. The molecule has 0 aliphatic rings. The molecule has 0 aliphatic heterocycles. The minimum Gasteiger partial charge on any atom is -0.492 e. The van der Waals surface area contributed by atoms with Crippen molar-refractivity contribution in [3.05, 3.63) is 54.1 Å². The van der Waals surface area contributed by atoms with Crippen LogP contribution in [0.1, 0.15) is 0 Å². The normalized spacial score (nSPS) is 11.5. The fraction of sp³-hybridized carbons (Fsp3) is 0.200. The van der Waals surface area contributed by atoms with E-state index in [-0.39, 0.29) is 18.9 Å². The van der Waals surface area contributed by atoms with Crippen LogP contribution in [0.4, 0.5) is 23.2 Å². The van der Waals surface area contributed by atoms with Crippen LogP contribution in [-0.4, -0.2) is 27.3 Å². The quantitative estimate of drug-likeness (QED) is 0.605. The average molecular weight is 363 g/mol. The molecule has 4 nitrogen and oxygen atoms in total. The van der Waals surface area contributed by atoms with E-state index in [4.69, 9.17) is 4.74 Å². The van der Waals surface area contributed by atoms with Gasteiger partial charge in [-0.05, 0) is 36.4 Å². The summed E-state index contributed by atoms with van der Waals surface area (Å²) in [7, 11) is -4.61. The summed E-state index contributed by atoms with van der Waals surface area (Å²) in [6.45, 7) is 0.405. The highest BCUT2D eigenvalue weighted by atomic mass is 32.2. The summed E-state index contributed by atoms with van der Waals surface area (Å²) in [5.74, 6) is -5.30. The van der Waals surface area contributed by atoms with Crippen LogP contribution in [0.5, 0.6) is 5.75 Å². The lowest BCUT2D eigenvalue weighted by Crippen LogP contribution is -2.13. The smallest absolute Gasteiger partial charge is 0.341 e. The van der Waals surface area contributed by atoms with Crippen LogP contribution in [0, 0.1) is 11.6 Å². The summed E-state index contributed by atoms with van der Waals surface area (Å²) < 4.78 is 78.2. The molecular weight excluding hydrogens is 350 g/mol. The predicted octanol–water partition coefficient (Wildman–Crippen LogP) is 3.45. The molecule has 0 aliphatic carbocycles. The second kappa shape index (κ2) is 7.52. The molecule has 130 valence electrons. The third kappa shape index (κ3) is 4.38. The summed E-state index contributed by atoms with van der Waals surface area (Å²) in [4.78, 5) is -0.471. The van der Waals surface area contributed by atoms with E-state index in [1.54, 1.807) is 0 Å². The largest absolute Gasteiger partial charge is 0.492 e. The number of nitrogens with one attached hydrogen (secondary N) is 1. The summed E-state index contributed by atoms with van der Waals surface area (Å²) in [6.07, 6.45) is 0. The van der Waals surface area contributed by atoms with Gasteiger partial charge in [0.25, 0.3) is 0 Å². The van der Waals surface area contributed by atoms with Gasteiger partial charge in [-0.25, -0.2) is 17.2 Å². The Morgan fingerprint density at radius 3 is 2.25 bits per heavy atom. The summed E-state index contributed by atoms with van der Waals surface area (Å²) >= 11 is 0. The highest BCUT2D eigenvalue weighted by Gasteiger charge is 2.26. The van der Waals surface area contributed by atoms with Crippen LogP contribution in [0.15, 0.2) is 47.4 Å². The number of benzene rings is 2. The Labute approximate surface area is 136 Å². The maximum atomic E-state index is 13.0. The monoisotopic (exact) mass is 363 g/mol. The number of rotatable bonds is 7. The molecule has 0 spiro atoms. The van der Waals surface area contributed by atoms with Gasteiger partial charge in [-0.15, -0.1) is 0 Å². The van der Waals surface area contributed by atoms with Crippen LogP contribution in [0.25, 0.3) is 0 Å². The first-order valence-corrected chi connectivity index (χ1v) is 8.29. The molecule has 0 atom stereocenters. The first-order chi connectivity index (χ1) is 11.3. The molecule has 0 amide bonds. The molecule has 2 rings (SSSR count). The van der Waals surface area contributed by atoms with E-state index >= 15 is 0 Å². The topological polar surface area (TPSA) is 55.4 Å². The third-order valence-corrected chi connectivity index (χ3v) is 4.41. The Bertz CT molecular complexity index is 795. The Kier molecular flexibility index (Phi) is 5.66. The molecule has 0 saturated carbocycles. The lowest BCUT2D eigenvalue weighted by Gasteiger charge is -2.09. The highest BCUT2D eigenvalue weighted by molar-refractivity contribution is 7.91. The van der Waals surface area contributed by atoms with Gasteiger partial charge in [0, 0.05) is 18.3 Å². The zero-order valence-electron chi connectivity index (χ0n) is 12.2. The average Bonchev–Trinajstić information content (AvgIpc) is 2.55. The molecule has 0 radical (unpaired) electrons. The minimum absolute atomic E-state index is 0.127. The number of hydrogen-bond donors (Lipinski definition) is 1. The molecule has 24 heavy (non-hydrogen) atoms. The van der Waals surface area contributed by atoms with Crippen molar-refractivity contribution in [2.24, 2.45) is 0 Å². The van der Waals surface area contributed by atoms with Crippen molar-refractivity contribution in [3.63, 3.8) is 0 Å². The van der Waals surface area contributed by atoms with Gasteiger partial charge in [0.2, 0.25) is 9.84 Å². The molecule has 0 heterocycles. The zero-order chi connectivity index (χ0) is 17.7. The maximum Gasteiger partial charge on any atom is 0.341 e. The molecule has 2 aromatic carbocycles. The first kappa shape index (κ1) is 18.1. The van der Waals surface area contributed by atoms with Gasteiger partial charge in [0.15, 0.2) is 11.6 Å². The molecule has 0 aromatic heterocycles. The molecular formula is C15H13F4NO3S. The van der Waals surface area contributed by atoms with E-state index in [2.05, 4.69) is 5.32 Å². The van der Waals surface area contributed by atoms with Crippen molar-refractivity contribution in [2.45, 2.75) is 10.7 Å². The Balaban J connectivity index is 1.85. The fourth-order valence-corrected chi connectivity index (χ4v) is 2.52. The van der Waals surface area contributed by atoms with Crippen LogP contribution < -0.4 is 10.1 Å². The Morgan fingerprint density at radius 2 is 1.67 bits per heavy atom. The Hall–Kier alpha value is -2.29. The number of alkyl halides is 2. The lowest BCUT2D eigenvalue weighted by molar-refractivity contribution is 0.234. The zero-order valence-corrected chi connectivity index (χ0v) is 13.0. The predicted molar refractivity (Wildman–Crippen MR) is 80.0 cm³/mol. The third-order valence-electron chi connectivity index (χ3n) is 3.01. The second-order valence-electron chi connectivity index (χ2n) is 4.68. The Morgan fingerprint density at radius 1 is 1.00 bits per heavy atom. The van der Waals surface area contributed by atoms with Crippen molar-refractivity contribution in [2.75, 3.05) is 18.5 Å². The molecule has 2 aromatic rings. The standard InChI is InChI=1S/C15H13F4NO3S/c16-13-6-3-11(9-14(13)17)23-8-7-20-10-1-4-12(5-2-10)24(21,22)15(18)19/h1-6,9,15,20H,7-8H2. The molecule has 0 saturated heterocycles. The SMILES string of the molecule is O=S(=O)(c1ccc(NCCOc2ccc(F)c(F)c2)cc1)C(F)F.